The van der Waals surface area contributed by atoms with Crippen LogP contribution in [0.1, 0.15) is 36.8 Å². The molecular weight excluding hydrogens is 326 g/mol. The molecule has 0 bridgehead atoms. The zero-order chi connectivity index (χ0) is 17.2. The third-order valence-corrected chi connectivity index (χ3v) is 5.95. The van der Waals surface area contributed by atoms with Crippen molar-refractivity contribution in [3.63, 3.8) is 0 Å². The summed E-state index contributed by atoms with van der Waals surface area (Å²) in [6.07, 6.45) is 6.06. The minimum absolute atomic E-state index is 0.209. The number of benzene rings is 1. The maximum Gasteiger partial charge on any atom is 0.240 e. The van der Waals surface area contributed by atoms with Crippen molar-refractivity contribution in [3.8, 4) is 5.75 Å². The summed E-state index contributed by atoms with van der Waals surface area (Å²) in [4.78, 5) is 4.66. The lowest BCUT2D eigenvalue weighted by atomic mass is 9.92. The monoisotopic (exact) mass is 349 g/mol. The van der Waals surface area contributed by atoms with Gasteiger partial charge in [-0.2, -0.15) is 0 Å². The molecule has 1 aromatic heterocycles. The number of hydrogen-bond donors (Lipinski definition) is 1. The fourth-order valence-electron chi connectivity index (χ4n) is 2.97. The second-order valence-electron chi connectivity index (χ2n) is 6.10. The van der Waals surface area contributed by atoms with Crippen molar-refractivity contribution in [3.05, 3.63) is 42.0 Å². The van der Waals surface area contributed by atoms with Crippen LogP contribution in [0.2, 0.25) is 0 Å². The lowest BCUT2D eigenvalue weighted by molar-refractivity contribution is 0.302. The van der Waals surface area contributed by atoms with Gasteiger partial charge in [0.1, 0.15) is 11.6 Å². The first-order chi connectivity index (χ1) is 11.5. The molecule has 6 nitrogen and oxygen atoms in total. The van der Waals surface area contributed by atoms with Gasteiger partial charge in [0.25, 0.3) is 0 Å². The molecule has 0 aliphatic heterocycles. The normalized spacial score (nSPS) is 15.2. The first kappa shape index (κ1) is 17.0. The Kier molecular flexibility index (Phi) is 4.91. The summed E-state index contributed by atoms with van der Waals surface area (Å²) in [7, 11) is -2.03. The van der Waals surface area contributed by atoms with E-state index in [1.54, 1.807) is 18.2 Å². The predicted octanol–water partition coefficient (Wildman–Crippen LogP) is 2.45. The van der Waals surface area contributed by atoms with Crippen molar-refractivity contribution in [2.45, 2.75) is 43.5 Å². The molecule has 1 saturated carbocycles. The van der Waals surface area contributed by atoms with Crippen molar-refractivity contribution in [1.29, 1.82) is 0 Å². The Morgan fingerprint density at radius 2 is 2.17 bits per heavy atom. The van der Waals surface area contributed by atoms with Gasteiger partial charge in [0.2, 0.25) is 10.0 Å². The number of nitrogens with one attached hydrogen (secondary N) is 1. The minimum Gasteiger partial charge on any atom is -0.497 e. The van der Waals surface area contributed by atoms with E-state index < -0.39 is 10.0 Å². The number of aryl methyl sites for hydroxylation is 1. The molecule has 24 heavy (non-hydrogen) atoms. The van der Waals surface area contributed by atoms with Gasteiger partial charge in [-0.3, -0.25) is 0 Å². The van der Waals surface area contributed by atoms with Crippen molar-refractivity contribution < 1.29 is 13.2 Å². The van der Waals surface area contributed by atoms with Gasteiger partial charge in [0.05, 0.1) is 12.0 Å². The Labute approximate surface area is 142 Å². The summed E-state index contributed by atoms with van der Waals surface area (Å²) in [5, 5.41) is 0. The van der Waals surface area contributed by atoms with Gasteiger partial charge >= 0.3 is 0 Å². The van der Waals surface area contributed by atoms with Gasteiger partial charge in [0.15, 0.2) is 0 Å². The van der Waals surface area contributed by atoms with Crippen LogP contribution in [0.25, 0.3) is 0 Å². The third-order valence-electron chi connectivity index (χ3n) is 4.49. The molecule has 1 fully saturated rings. The Morgan fingerprint density at radius 1 is 1.38 bits per heavy atom. The van der Waals surface area contributed by atoms with Crippen LogP contribution in [0.3, 0.4) is 0 Å². The third kappa shape index (κ3) is 3.47. The van der Waals surface area contributed by atoms with Crippen LogP contribution in [0.4, 0.5) is 0 Å². The molecule has 130 valence electrons. The van der Waals surface area contributed by atoms with Crippen molar-refractivity contribution in [2.24, 2.45) is 0 Å². The molecule has 0 amide bonds. The first-order valence-corrected chi connectivity index (χ1v) is 9.66. The zero-order valence-corrected chi connectivity index (χ0v) is 14.8. The minimum atomic E-state index is -3.55. The van der Waals surface area contributed by atoms with E-state index in [9.17, 15) is 8.42 Å². The molecule has 0 unspecified atom stereocenters. The highest BCUT2D eigenvalue weighted by Crippen LogP contribution is 2.33. The fraction of sp³-hybridized carbons (Fsp3) is 0.471. The van der Waals surface area contributed by atoms with E-state index in [1.165, 1.54) is 32.4 Å². The number of aromatic nitrogens is 2. The first-order valence-electron chi connectivity index (χ1n) is 8.17. The molecule has 0 spiro atoms. The van der Waals surface area contributed by atoms with E-state index in [1.807, 2.05) is 6.20 Å². The van der Waals surface area contributed by atoms with Gasteiger partial charge < -0.3 is 9.30 Å². The Bertz CT molecular complexity index is 810. The Hall–Kier alpha value is -1.86. The van der Waals surface area contributed by atoms with Crippen molar-refractivity contribution in [1.82, 2.24) is 14.3 Å². The zero-order valence-electron chi connectivity index (χ0n) is 14.0. The van der Waals surface area contributed by atoms with Gasteiger partial charge in [-0.05, 0) is 38.3 Å². The average Bonchev–Trinajstić information content (AvgIpc) is 2.87. The quantitative estimate of drug-likeness (QED) is 0.833. The molecule has 1 aromatic carbocycles. The highest BCUT2D eigenvalue weighted by Gasteiger charge is 2.23. The molecule has 1 heterocycles. The van der Waals surface area contributed by atoms with Gasteiger partial charge in [0, 0.05) is 37.0 Å². The fourth-order valence-corrected chi connectivity index (χ4v) is 4.04. The summed E-state index contributed by atoms with van der Waals surface area (Å²) < 4.78 is 34.8. The van der Waals surface area contributed by atoms with Gasteiger partial charge in [-0.25, -0.2) is 18.1 Å². The van der Waals surface area contributed by atoms with Crippen LogP contribution in [-0.4, -0.2) is 31.6 Å². The van der Waals surface area contributed by atoms with Crippen LogP contribution in [0.5, 0.6) is 5.75 Å². The average molecular weight is 349 g/mol. The van der Waals surface area contributed by atoms with E-state index in [0.29, 0.717) is 24.8 Å². The van der Waals surface area contributed by atoms with Gasteiger partial charge in [-0.1, -0.05) is 6.07 Å². The molecule has 3 rings (SSSR count). The number of sulfonamides is 1. The van der Waals surface area contributed by atoms with E-state index >= 15 is 0 Å². The molecule has 1 N–H and O–H groups in total. The summed E-state index contributed by atoms with van der Waals surface area (Å²) >= 11 is 0. The maximum atomic E-state index is 12.4. The van der Waals surface area contributed by atoms with Crippen LogP contribution >= 0.6 is 0 Å². The lowest BCUT2D eigenvalue weighted by Crippen LogP contribution is -2.28. The standard InChI is InChI=1S/C17H23N3O3S/c1-13-12-18-17(20(13)14-5-3-6-14)9-10-19-24(21,22)16-8-4-7-15(11-16)23-2/h4,7-8,11-12,14,19H,3,5-6,9-10H2,1-2H3. The number of rotatable bonds is 7. The van der Waals surface area contributed by atoms with Crippen LogP contribution in [0, 0.1) is 6.92 Å². The van der Waals surface area contributed by atoms with E-state index in [4.69, 9.17) is 4.74 Å². The summed E-state index contributed by atoms with van der Waals surface area (Å²) in [6, 6.07) is 6.99. The lowest BCUT2D eigenvalue weighted by Gasteiger charge is -2.29. The summed E-state index contributed by atoms with van der Waals surface area (Å²) in [6.45, 7) is 2.37. The maximum absolute atomic E-state index is 12.4. The van der Waals surface area contributed by atoms with E-state index in [-0.39, 0.29) is 4.90 Å². The van der Waals surface area contributed by atoms with Gasteiger partial charge in [-0.15, -0.1) is 0 Å². The topological polar surface area (TPSA) is 73.2 Å². The Balaban J connectivity index is 1.65. The number of imidazole rings is 1. The molecule has 2 aromatic rings. The summed E-state index contributed by atoms with van der Waals surface area (Å²) in [5.41, 5.74) is 1.14. The highest BCUT2D eigenvalue weighted by molar-refractivity contribution is 7.89. The smallest absolute Gasteiger partial charge is 0.240 e. The van der Waals surface area contributed by atoms with E-state index in [2.05, 4.69) is 21.2 Å². The molecule has 0 radical (unpaired) electrons. The van der Waals surface area contributed by atoms with Crippen molar-refractivity contribution in [2.75, 3.05) is 13.7 Å². The largest absolute Gasteiger partial charge is 0.497 e. The second kappa shape index (κ2) is 6.94. The number of hydrogen-bond acceptors (Lipinski definition) is 4. The second-order valence-corrected chi connectivity index (χ2v) is 7.86. The van der Waals surface area contributed by atoms with Crippen LogP contribution < -0.4 is 9.46 Å². The Morgan fingerprint density at radius 3 is 2.83 bits per heavy atom. The molecular formula is C17H23N3O3S. The van der Waals surface area contributed by atoms with Crippen LogP contribution in [0.15, 0.2) is 35.4 Å². The molecule has 1 aliphatic carbocycles. The number of ether oxygens (including phenoxy) is 1. The predicted molar refractivity (Wildman–Crippen MR) is 91.7 cm³/mol. The SMILES string of the molecule is COc1cccc(S(=O)(=O)NCCc2ncc(C)n2C2CCC2)c1. The highest BCUT2D eigenvalue weighted by atomic mass is 32.2. The molecule has 0 saturated heterocycles. The number of nitrogens with zero attached hydrogens (tertiary/aromatic N) is 2. The van der Waals surface area contributed by atoms with Crippen LogP contribution in [-0.2, 0) is 16.4 Å². The number of methoxy groups -OCH3 is 1. The van der Waals surface area contributed by atoms with E-state index in [0.717, 1.165) is 11.5 Å². The summed E-state index contributed by atoms with van der Waals surface area (Å²) in [5.74, 6) is 1.47. The molecule has 0 atom stereocenters. The molecule has 1 aliphatic rings. The molecule has 7 heteroatoms. The van der Waals surface area contributed by atoms with Crippen molar-refractivity contribution >= 4 is 10.0 Å².